The average Bonchev–Trinajstić information content (AvgIpc) is 2.36. The van der Waals surface area contributed by atoms with Gasteiger partial charge in [0.1, 0.15) is 0 Å². The van der Waals surface area contributed by atoms with E-state index >= 15 is 0 Å². The van der Waals surface area contributed by atoms with Gasteiger partial charge in [0.25, 0.3) is 0 Å². The fraction of sp³-hybridized carbons (Fsp3) is 0.875. The zero-order valence-electron chi connectivity index (χ0n) is 14.3. The van der Waals surface area contributed by atoms with E-state index in [1.165, 1.54) is 0 Å². The minimum atomic E-state index is -0.760. The Hall–Kier alpha value is -1.14. The lowest BCUT2D eigenvalue weighted by Gasteiger charge is -2.19. The first kappa shape index (κ1) is 23.1. The molecule has 0 heterocycles. The van der Waals surface area contributed by atoms with Gasteiger partial charge in [-0.25, -0.2) is 0 Å². The van der Waals surface area contributed by atoms with E-state index in [-0.39, 0.29) is 5.48 Å². The Labute approximate surface area is 133 Å². The zero-order valence-corrected chi connectivity index (χ0v) is 14.3. The van der Waals surface area contributed by atoms with Crippen LogP contribution in [0.4, 0.5) is 0 Å². The second-order valence-electron chi connectivity index (χ2n) is 6.90. The van der Waals surface area contributed by atoms with E-state index < -0.39 is 22.8 Å². The van der Waals surface area contributed by atoms with Gasteiger partial charge in [0.15, 0.2) is 0 Å². The van der Waals surface area contributed by atoms with E-state index in [1.807, 2.05) is 0 Å². The Morgan fingerprint density at radius 2 is 1.09 bits per heavy atom. The Morgan fingerprint density at radius 3 is 1.36 bits per heavy atom. The van der Waals surface area contributed by atoms with Crippen LogP contribution in [0.3, 0.4) is 0 Å². The molecule has 0 saturated carbocycles. The Balaban J connectivity index is 0. The number of ether oxygens (including phenoxy) is 1. The highest BCUT2D eigenvalue weighted by molar-refractivity contribution is 5.73. The summed E-state index contributed by atoms with van der Waals surface area (Å²) in [4.78, 5) is 21.8. The molecule has 22 heavy (non-hydrogen) atoms. The predicted octanol–water partition coefficient (Wildman–Crippen LogP) is 2.74. The van der Waals surface area contributed by atoms with Crippen molar-refractivity contribution in [1.82, 2.24) is 0 Å². The molecule has 0 fully saturated rings. The summed E-state index contributed by atoms with van der Waals surface area (Å²) in [7, 11) is 0. The fourth-order valence-corrected chi connectivity index (χ4v) is 1.86. The van der Waals surface area contributed by atoms with Crippen LogP contribution in [0.25, 0.3) is 0 Å². The molecule has 6 heteroatoms. The minimum absolute atomic E-state index is 0. The van der Waals surface area contributed by atoms with E-state index in [4.69, 9.17) is 14.9 Å². The van der Waals surface area contributed by atoms with Crippen LogP contribution in [0, 0.1) is 10.8 Å². The molecule has 0 spiro atoms. The van der Waals surface area contributed by atoms with Crippen molar-refractivity contribution in [3.63, 3.8) is 0 Å². The van der Waals surface area contributed by atoms with Gasteiger partial charge < -0.3 is 20.4 Å². The van der Waals surface area contributed by atoms with E-state index in [0.29, 0.717) is 26.1 Å². The summed E-state index contributed by atoms with van der Waals surface area (Å²) < 4.78 is 5.49. The molecule has 4 N–H and O–H groups in total. The molecule has 0 aromatic carbocycles. The third kappa shape index (κ3) is 9.73. The van der Waals surface area contributed by atoms with E-state index in [1.54, 1.807) is 27.7 Å². The van der Waals surface area contributed by atoms with Crippen LogP contribution >= 0.6 is 0 Å². The molecule has 0 unspecified atom stereocenters. The van der Waals surface area contributed by atoms with Crippen molar-refractivity contribution in [1.29, 1.82) is 0 Å². The summed E-state index contributed by atoms with van der Waals surface area (Å²) >= 11 is 0. The summed E-state index contributed by atoms with van der Waals surface area (Å²) in [6.45, 7) is 8.22. The smallest absolute Gasteiger partial charge is 0.309 e. The molecule has 0 bridgehead atoms. The van der Waals surface area contributed by atoms with Crippen LogP contribution in [0.2, 0.25) is 0 Å². The summed E-state index contributed by atoms with van der Waals surface area (Å²) in [5.41, 5.74) is -1.33. The van der Waals surface area contributed by atoms with Crippen molar-refractivity contribution in [3.05, 3.63) is 0 Å². The molecule has 0 aliphatic rings. The first-order valence-electron chi connectivity index (χ1n) is 7.64. The van der Waals surface area contributed by atoms with Crippen molar-refractivity contribution in [3.8, 4) is 0 Å². The molecule has 0 atom stereocenters. The Morgan fingerprint density at radius 1 is 0.773 bits per heavy atom. The SMILES string of the molecule is CC(C)(CCCCOCCCCC(C)(C)C(=O)O)C(=O)O.O. The molecule has 0 aromatic heterocycles. The number of unbranched alkanes of at least 4 members (excludes halogenated alkanes) is 2. The van der Waals surface area contributed by atoms with Gasteiger partial charge in [0.2, 0.25) is 0 Å². The largest absolute Gasteiger partial charge is 0.481 e. The van der Waals surface area contributed by atoms with Crippen molar-refractivity contribution in [2.75, 3.05) is 13.2 Å². The topological polar surface area (TPSA) is 115 Å². The van der Waals surface area contributed by atoms with Crippen LogP contribution in [0.15, 0.2) is 0 Å². The summed E-state index contributed by atoms with van der Waals surface area (Å²) in [6.07, 6.45) is 4.70. The Bertz CT molecular complexity index is 304. The number of aliphatic carboxylic acids is 2. The maximum atomic E-state index is 10.9. The standard InChI is InChI=1S/C16H30O5.H2O/c1-15(2,13(17)18)9-5-7-11-21-12-8-6-10-16(3,4)14(19)20;/h5-12H2,1-4H3,(H,17,18)(H,19,20);1H2. The monoisotopic (exact) mass is 320 g/mol. The van der Waals surface area contributed by atoms with Crippen LogP contribution in [-0.4, -0.2) is 40.8 Å². The molecule has 0 aliphatic carbocycles. The maximum absolute atomic E-state index is 10.9. The second kappa shape index (κ2) is 10.6. The van der Waals surface area contributed by atoms with Gasteiger partial charge in [0.05, 0.1) is 10.8 Å². The summed E-state index contributed by atoms with van der Waals surface area (Å²) in [6, 6.07) is 0. The number of hydrogen-bond acceptors (Lipinski definition) is 3. The van der Waals surface area contributed by atoms with Crippen LogP contribution in [0.5, 0.6) is 0 Å². The molecule has 0 saturated heterocycles. The van der Waals surface area contributed by atoms with Gasteiger partial charge in [-0.05, 0) is 53.4 Å². The van der Waals surface area contributed by atoms with Crippen molar-refractivity contribution in [2.24, 2.45) is 10.8 Å². The van der Waals surface area contributed by atoms with Gasteiger partial charge in [-0.2, -0.15) is 0 Å². The van der Waals surface area contributed by atoms with Crippen LogP contribution in [-0.2, 0) is 14.3 Å². The molecule has 0 amide bonds. The fourth-order valence-electron chi connectivity index (χ4n) is 1.86. The number of carbonyl (C=O) groups is 2. The van der Waals surface area contributed by atoms with Gasteiger partial charge >= 0.3 is 11.9 Å². The molecule has 0 rings (SSSR count). The lowest BCUT2D eigenvalue weighted by molar-refractivity contribution is -0.148. The van der Waals surface area contributed by atoms with Crippen molar-refractivity contribution in [2.45, 2.75) is 66.2 Å². The van der Waals surface area contributed by atoms with Crippen LogP contribution in [0.1, 0.15) is 66.2 Å². The average molecular weight is 320 g/mol. The number of carboxylic acid groups (broad SMARTS) is 2. The van der Waals surface area contributed by atoms with Crippen molar-refractivity contribution < 1.29 is 30.0 Å². The number of carboxylic acids is 2. The van der Waals surface area contributed by atoms with E-state index in [9.17, 15) is 9.59 Å². The Kier molecular flexibility index (Phi) is 11.1. The van der Waals surface area contributed by atoms with E-state index in [2.05, 4.69) is 0 Å². The first-order valence-corrected chi connectivity index (χ1v) is 7.64. The maximum Gasteiger partial charge on any atom is 0.309 e. The highest BCUT2D eigenvalue weighted by atomic mass is 16.5. The molecule has 0 radical (unpaired) electrons. The third-order valence-corrected chi connectivity index (χ3v) is 3.84. The number of rotatable bonds is 12. The van der Waals surface area contributed by atoms with E-state index in [0.717, 1.165) is 25.7 Å². The highest BCUT2D eigenvalue weighted by Gasteiger charge is 2.26. The quantitative estimate of drug-likeness (QED) is 0.536. The molecule has 0 aromatic rings. The first-order chi connectivity index (χ1) is 9.59. The lowest BCUT2D eigenvalue weighted by Crippen LogP contribution is -2.23. The van der Waals surface area contributed by atoms with Gasteiger partial charge in [0, 0.05) is 13.2 Å². The molecular weight excluding hydrogens is 288 g/mol. The summed E-state index contributed by atoms with van der Waals surface area (Å²) in [5, 5.41) is 17.9. The minimum Gasteiger partial charge on any atom is -0.481 e. The second-order valence-corrected chi connectivity index (χ2v) is 6.90. The van der Waals surface area contributed by atoms with Gasteiger partial charge in [-0.3, -0.25) is 9.59 Å². The molecule has 6 nitrogen and oxygen atoms in total. The molecule has 0 aliphatic heterocycles. The zero-order chi connectivity index (χ0) is 16.5. The van der Waals surface area contributed by atoms with Gasteiger partial charge in [-0.15, -0.1) is 0 Å². The third-order valence-electron chi connectivity index (χ3n) is 3.84. The van der Waals surface area contributed by atoms with Gasteiger partial charge in [-0.1, -0.05) is 12.8 Å². The normalized spacial score (nSPS) is 11.8. The molecular formula is C16H32O6. The van der Waals surface area contributed by atoms with Crippen LogP contribution < -0.4 is 0 Å². The molecule has 132 valence electrons. The highest BCUT2D eigenvalue weighted by Crippen LogP contribution is 2.24. The summed E-state index contributed by atoms with van der Waals surface area (Å²) in [5.74, 6) is -1.52. The predicted molar refractivity (Wildman–Crippen MR) is 85.0 cm³/mol. The lowest BCUT2D eigenvalue weighted by atomic mass is 9.87. The van der Waals surface area contributed by atoms with Crippen molar-refractivity contribution >= 4 is 11.9 Å². The number of hydrogen-bond donors (Lipinski definition) is 2.